The molecule has 136 valence electrons. The number of para-hydroxylation sites is 2. The van der Waals surface area contributed by atoms with Gasteiger partial charge >= 0.3 is 11.9 Å². The number of ether oxygens (including phenoxy) is 1. The third kappa shape index (κ3) is 2.97. The summed E-state index contributed by atoms with van der Waals surface area (Å²) < 4.78 is 32.7. The first kappa shape index (κ1) is 17.7. The lowest BCUT2D eigenvalue weighted by Gasteiger charge is -2.34. The average molecular weight is 377 g/mol. The molecule has 26 heavy (non-hydrogen) atoms. The second-order valence-electron chi connectivity index (χ2n) is 5.73. The Hall–Kier alpha value is -3.07. The Morgan fingerprint density at radius 2 is 1.85 bits per heavy atom. The molecule has 0 saturated heterocycles. The topological polar surface area (TPSA) is 121 Å². The molecule has 1 unspecified atom stereocenters. The van der Waals surface area contributed by atoms with Gasteiger partial charge in [0.25, 0.3) is 10.0 Å². The first-order valence-corrected chi connectivity index (χ1v) is 9.01. The number of anilines is 1. The van der Waals surface area contributed by atoms with Crippen LogP contribution in [-0.2, 0) is 14.8 Å². The van der Waals surface area contributed by atoms with Crippen LogP contribution >= 0.6 is 0 Å². The van der Waals surface area contributed by atoms with Crippen molar-refractivity contribution in [3.8, 4) is 5.75 Å². The zero-order valence-electron chi connectivity index (χ0n) is 13.6. The Kier molecular flexibility index (Phi) is 4.33. The summed E-state index contributed by atoms with van der Waals surface area (Å²) in [5, 5.41) is 18.4. The van der Waals surface area contributed by atoms with Gasteiger partial charge in [-0.2, -0.15) is 0 Å². The molecule has 8 nitrogen and oxygen atoms in total. The molecule has 0 aliphatic carbocycles. The average Bonchev–Trinajstić information content (AvgIpc) is 2.60. The lowest BCUT2D eigenvalue weighted by Crippen LogP contribution is -2.47. The van der Waals surface area contributed by atoms with Crippen LogP contribution in [0.5, 0.6) is 5.75 Å². The van der Waals surface area contributed by atoms with E-state index < -0.39 is 34.6 Å². The molecule has 1 heterocycles. The van der Waals surface area contributed by atoms with Gasteiger partial charge < -0.3 is 14.9 Å². The van der Waals surface area contributed by atoms with Crippen molar-refractivity contribution >= 4 is 27.6 Å². The summed E-state index contributed by atoms with van der Waals surface area (Å²) in [4.78, 5) is 22.4. The van der Waals surface area contributed by atoms with Crippen LogP contribution in [0.3, 0.4) is 0 Å². The van der Waals surface area contributed by atoms with Crippen molar-refractivity contribution in [2.75, 3.05) is 10.8 Å². The van der Waals surface area contributed by atoms with E-state index in [1.54, 1.807) is 19.1 Å². The molecule has 0 radical (unpaired) electrons. The van der Waals surface area contributed by atoms with Crippen LogP contribution in [0.1, 0.15) is 15.9 Å². The van der Waals surface area contributed by atoms with Crippen LogP contribution in [0.15, 0.2) is 47.4 Å². The lowest BCUT2D eigenvalue weighted by molar-refractivity contribution is -0.144. The minimum Gasteiger partial charge on any atom is -0.478 e. The van der Waals surface area contributed by atoms with Crippen LogP contribution in [0, 0.1) is 6.92 Å². The molecule has 0 fully saturated rings. The highest BCUT2D eigenvalue weighted by molar-refractivity contribution is 7.93. The zero-order valence-corrected chi connectivity index (χ0v) is 14.4. The maximum atomic E-state index is 13.2. The van der Waals surface area contributed by atoms with Crippen molar-refractivity contribution < 1.29 is 33.0 Å². The maximum Gasteiger partial charge on any atom is 0.346 e. The Morgan fingerprint density at radius 1 is 1.15 bits per heavy atom. The van der Waals surface area contributed by atoms with Crippen LogP contribution in [0.25, 0.3) is 0 Å². The second kappa shape index (κ2) is 6.34. The molecule has 3 rings (SSSR count). The molecule has 1 aliphatic heterocycles. The molecule has 0 saturated carbocycles. The standard InChI is InChI=1S/C17H15NO7S/c1-10-6-7-11(16(19)20)8-15(10)26(23,24)18-9-14(17(21)22)25-13-5-3-2-4-12(13)18/h2-8,14H,9H2,1H3,(H,19,20)(H,21,22). The Balaban J connectivity index is 2.16. The highest BCUT2D eigenvalue weighted by Crippen LogP contribution is 2.37. The van der Waals surface area contributed by atoms with Crippen LogP contribution in [0.4, 0.5) is 5.69 Å². The van der Waals surface area contributed by atoms with Crippen molar-refractivity contribution in [2.24, 2.45) is 0 Å². The number of rotatable bonds is 4. The molecular formula is C17H15NO7S. The van der Waals surface area contributed by atoms with Gasteiger partial charge in [0.1, 0.15) is 5.75 Å². The monoisotopic (exact) mass is 377 g/mol. The molecule has 2 aromatic carbocycles. The molecule has 0 bridgehead atoms. The number of aryl methyl sites for hydroxylation is 1. The highest BCUT2D eigenvalue weighted by Gasteiger charge is 2.38. The smallest absolute Gasteiger partial charge is 0.346 e. The molecule has 2 aromatic rings. The SMILES string of the molecule is Cc1ccc(C(=O)O)cc1S(=O)(=O)N1CC(C(=O)O)Oc2ccccc21. The van der Waals surface area contributed by atoms with Crippen LogP contribution < -0.4 is 9.04 Å². The first-order chi connectivity index (χ1) is 12.2. The van der Waals surface area contributed by atoms with E-state index in [1.807, 2.05) is 0 Å². The van der Waals surface area contributed by atoms with Crippen molar-refractivity contribution in [2.45, 2.75) is 17.9 Å². The molecule has 0 aromatic heterocycles. The summed E-state index contributed by atoms with van der Waals surface area (Å²) in [5.74, 6) is -2.43. The van der Waals surface area contributed by atoms with E-state index in [9.17, 15) is 23.1 Å². The third-order valence-corrected chi connectivity index (χ3v) is 5.94. The molecular weight excluding hydrogens is 362 g/mol. The van der Waals surface area contributed by atoms with Gasteiger partial charge in [-0.05, 0) is 36.8 Å². The van der Waals surface area contributed by atoms with Gasteiger partial charge in [-0.1, -0.05) is 18.2 Å². The van der Waals surface area contributed by atoms with Gasteiger partial charge in [0.2, 0.25) is 6.10 Å². The number of benzene rings is 2. The molecule has 9 heteroatoms. The van der Waals surface area contributed by atoms with Crippen molar-refractivity contribution in [3.05, 3.63) is 53.6 Å². The van der Waals surface area contributed by atoms with E-state index in [0.717, 1.165) is 10.4 Å². The van der Waals surface area contributed by atoms with Gasteiger partial charge in [-0.3, -0.25) is 4.31 Å². The van der Waals surface area contributed by atoms with Crippen molar-refractivity contribution in [1.82, 2.24) is 0 Å². The number of aliphatic carboxylic acids is 1. The van der Waals surface area contributed by atoms with Gasteiger partial charge in [0.05, 0.1) is 22.7 Å². The second-order valence-corrected chi connectivity index (χ2v) is 7.56. The number of carboxylic acids is 2. The molecule has 0 amide bonds. The number of sulfonamides is 1. The van der Waals surface area contributed by atoms with E-state index in [-0.39, 0.29) is 21.9 Å². The summed E-state index contributed by atoms with van der Waals surface area (Å²) in [6.07, 6.45) is -1.37. The van der Waals surface area contributed by atoms with E-state index in [4.69, 9.17) is 9.84 Å². The largest absolute Gasteiger partial charge is 0.478 e. The molecule has 1 atom stereocenters. The normalized spacial score (nSPS) is 16.5. The summed E-state index contributed by atoms with van der Waals surface area (Å²) in [5.41, 5.74) is 0.376. The minimum absolute atomic E-state index is 0.127. The number of hydrogen-bond donors (Lipinski definition) is 2. The third-order valence-electron chi connectivity index (χ3n) is 4.01. The summed E-state index contributed by atoms with van der Waals surface area (Å²) in [6, 6.07) is 9.97. The van der Waals surface area contributed by atoms with Crippen molar-refractivity contribution in [3.63, 3.8) is 0 Å². The van der Waals surface area contributed by atoms with Gasteiger partial charge in [-0.15, -0.1) is 0 Å². The zero-order chi connectivity index (χ0) is 19.1. The predicted octanol–water partition coefficient (Wildman–Crippen LogP) is 1.73. The van der Waals surface area contributed by atoms with Crippen molar-refractivity contribution in [1.29, 1.82) is 0 Å². The highest BCUT2D eigenvalue weighted by atomic mass is 32.2. The Bertz CT molecular complexity index is 1000. The minimum atomic E-state index is -4.20. The molecule has 1 aliphatic rings. The fourth-order valence-electron chi connectivity index (χ4n) is 2.69. The molecule has 0 spiro atoms. The molecule has 2 N–H and O–H groups in total. The first-order valence-electron chi connectivity index (χ1n) is 7.57. The summed E-state index contributed by atoms with van der Waals surface area (Å²) in [7, 11) is -4.20. The Labute approximate surface area is 149 Å². The van der Waals surface area contributed by atoms with E-state index in [1.165, 1.54) is 24.3 Å². The van der Waals surface area contributed by atoms with Gasteiger partial charge in [0.15, 0.2) is 0 Å². The number of nitrogens with zero attached hydrogens (tertiary/aromatic N) is 1. The maximum absolute atomic E-state index is 13.2. The number of hydrogen-bond acceptors (Lipinski definition) is 5. The summed E-state index contributed by atoms with van der Waals surface area (Å²) >= 11 is 0. The number of carboxylic acid groups (broad SMARTS) is 2. The number of fused-ring (bicyclic) bond motifs is 1. The van der Waals surface area contributed by atoms with Crippen LogP contribution in [-0.4, -0.2) is 43.2 Å². The van der Waals surface area contributed by atoms with Crippen LogP contribution in [0.2, 0.25) is 0 Å². The Morgan fingerprint density at radius 3 is 2.50 bits per heavy atom. The number of aromatic carboxylic acids is 1. The van der Waals surface area contributed by atoms with Gasteiger partial charge in [-0.25, -0.2) is 18.0 Å². The predicted molar refractivity (Wildman–Crippen MR) is 91.2 cm³/mol. The summed E-state index contributed by atoms with van der Waals surface area (Å²) in [6.45, 7) is 1.12. The van der Waals surface area contributed by atoms with Gasteiger partial charge in [0, 0.05) is 0 Å². The van der Waals surface area contributed by atoms with E-state index in [2.05, 4.69) is 0 Å². The van der Waals surface area contributed by atoms with E-state index >= 15 is 0 Å². The quantitative estimate of drug-likeness (QED) is 0.832. The fraction of sp³-hybridized carbons (Fsp3) is 0.176. The lowest BCUT2D eigenvalue weighted by atomic mass is 10.1. The van der Waals surface area contributed by atoms with E-state index in [0.29, 0.717) is 5.56 Å². The number of carbonyl (C=O) groups is 2. The fourth-order valence-corrected chi connectivity index (χ4v) is 4.42.